The first-order valence-corrected chi connectivity index (χ1v) is 8.53. The van der Waals surface area contributed by atoms with Gasteiger partial charge in [-0.2, -0.15) is 5.10 Å². The second-order valence-electron chi connectivity index (χ2n) is 5.67. The molecular formula is C14H25BrN4. The Kier molecular flexibility index (Phi) is 5.82. The van der Waals surface area contributed by atoms with Gasteiger partial charge in [0.15, 0.2) is 0 Å². The average molecular weight is 329 g/mol. The minimum Gasteiger partial charge on any atom is -0.292 e. The maximum absolute atomic E-state index is 4.45. The molecule has 1 fully saturated rings. The largest absolute Gasteiger partial charge is 0.292 e. The molecule has 0 aromatic carbocycles. The van der Waals surface area contributed by atoms with Crippen LogP contribution in [0.25, 0.3) is 0 Å². The molecule has 0 atom stereocenters. The van der Waals surface area contributed by atoms with Crippen LogP contribution in [0, 0.1) is 0 Å². The molecule has 108 valence electrons. The van der Waals surface area contributed by atoms with Crippen molar-refractivity contribution in [2.24, 2.45) is 0 Å². The second kappa shape index (κ2) is 7.39. The van der Waals surface area contributed by atoms with Gasteiger partial charge in [0.05, 0.1) is 6.54 Å². The minimum atomic E-state index is 0.384. The number of hydrogen-bond acceptors (Lipinski definition) is 3. The molecule has 1 saturated carbocycles. The summed E-state index contributed by atoms with van der Waals surface area (Å²) in [6, 6.07) is 1.11. The van der Waals surface area contributed by atoms with Crippen molar-refractivity contribution >= 4 is 15.9 Å². The zero-order valence-corrected chi connectivity index (χ0v) is 13.6. The van der Waals surface area contributed by atoms with Crippen molar-refractivity contribution in [2.45, 2.75) is 64.6 Å². The Bertz CT molecular complexity index is 371. The summed E-state index contributed by atoms with van der Waals surface area (Å²) in [4.78, 5) is 7.03. The van der Waals surface area contributed by atoms with E-state index in [-0.39, 0.29) is 0 Å². The van der Waals surface area contributed by atoms with E-state index in [0.29, 0.717) is 6.04 Å². The van der Waals surface area contributed by atoms with Gasteiger partial charge >= 0.3 is 0 Å². The second-order valence-corrected chi connectivity index (χ2v) is 6.46. The first-order chi connectivity index (χ1) is 9.22. The van der Waals surface area contributed by atoms with Crippen LogP contribution in [0.2, 0.25) is 0 Å². The fourth-order valence-electron chi connectivity index (χ4n) is 2.95. The lowest BCUT2D eigenvalue weighted by Crippen LogP contribution is -2.38. The number of alkyl halides is 1. The molecule has 0 amide bonds. The number of hydrogen-bond donors (Lipinski definition) is 0. The molecule has 2 rings (SSSR count). The van der Waals surface area contributed by atoms with E-state index in [9.17, 15) is 0 Å². The van der Waals surface area contributed by atoms with Gasteiger partial charge < -0.3 is 0 Å². The average Bonchev–Trinajstić information content (AvgIpc) is 2.88. The molecular weight excluding hydrogens is 304 g/mol. The van der Waals surface area contributed by atoms with Crippen molar-refractivity contribution in [1.82, 2.24) is 19.7 Å². The lowest BCUT2D eigenvalue weighted by Gasteiger charge is -2.33. The lowest BCUT2D eigenvalue weighted by molar-refractivity contribution is 0.151. The first kappa shape index (κ1) is 15.0. The van der Waals surface area contributed by atoms with E-state index >= 15 is 0 Å². The summed E-state index contributed by atoms with van der Waals surface area (Å²) in [5, 5.41) is 5.37. The Morgan fingerprint density at radius 2 is 2.11 bits per heavy atom. The molecule has 0 N–H and O–H groups in total. The van der Waals surface area contributed by atoms with E-state index in [0.717, 1.165) is 30.3 Å². The third-order valence-electron chi connectivity index (χ3n) is 3.94. The number of nitrogens with zero attached hydrogens (tertiary/aromatic N) is 4. The highest BCUT2D eigenvalue weighted by Crippen LogP contribution is 2.24. The smallest absolute Gasteiger partial charge is 0.141 e. The van der Waals surface area contributed by atoms with Crippen LogP contribution in [0.4, 0.5) is 0 Å². The Morgan fingerprint density at radius 1 is 1.37 bits per heavy atom. The van der Waals surface area contributed by atoms with Crippen LogP contribution in [0.1, 0.15) is 57.8 Å². The van der Waals surface area contributed by atoms with Crippen molar-refractivity contribution < 1.29 is 0 Å². The Labute approximate surface area is 124 Å². The molecule has 0 spiro atoms. The monoisotopic (exact) mass is 328 g/mol. The quantitative estimate of drug-likeness (QED) is 0.750. The molecule has 0 unspecified atom stereocenters. The predicted octanol–water partition coefficient (Wildman–Crippen LogP) is 3.39. The molecule has 0 saturated heterocycles. The van der Waals surface area contributed by atoms with E-state index < -0.39 is 0 Å². The minimum absolute atomic E-state index is 0.384. The number of rotatable bonds is 6. The highest BCUT2D eigenvalue weighted by molar-refractivity contribution is 9.09. The normalized spacial score (nSPS) is 17.5. The van der Waals surface area contributed by atoms with E-state index in [4.69, 9.17) is 0 Å². The molecule has 0 radical (unpaired) electrons. The van der Waals surface area contributed by atoms with Gasteiger partial charge in [0, 0.05) is 24.0 Å². The highest BCUT2D eigenvalue weighted by Gasteiger charge is 2.22. The summed E-state index contributed by atoms with van der Waals surface area (Å²) in [5.74, 6) is 1.10. The van der Waals surface area contributed by atoms with Crippen LogP contribution in [0.3, 0.4) is 0 Å². The van der Waals surface area contributed by atoms with Gasteiger partial charge in [0.1, 0.15) is 12.2 Å². The molecule has 0 aliphatic heterocycles. The fraction of sp³-hybridized carbons (Fsp3) is 0.857. The van der Waals surface area contributed by atoms with Gasteiger partial charge in [0.2, 0.25) is 0 Å². The molecule has 4 nitrogen and oxygen atoms in total. The Morgan fingerprint density at radius 3 is 2.74 bits per heavy atom. The van der Waals surface area contributed by atoms with Gasteiger partial charge in [-0.15, -0.1) is 0 Å². The van der Waals surface area contributed by atoms with Crippen LogP contribution in [0.5, 0.6) is 0 Å². The molecule has 1 aromatic rings. The lowest BCUT2D eigenvalue weighted by atomic mass is 9.94. The molecule has 0 bridgehead atoms. The molecule has 19 heavy (non-hydrogen) atoms. The van der Waals surface area contributed by atoms with Crippen molar-refractivity contribution in [3.05, 3.63) is 12.2 Å². The summed E-state index contributed by atoms with van der Waals surface area (Å²) >= 11 is 3.58. The number of aromatic nitrogens is 3. The van der Waals surface area contributed by atoms with Crippen molar-refractivity contribution in [1.29, 1.82) is 0 Å². The van der Waals surface area contributed by atoms with Gasteiger partial charge in [-0.05, 0) is 26.7 Å². The fourth-order valence-corrected chi connectivity index (χ4v) is 3.40. The summed E-state index contributed by atoms with van der Waals surface area (Å²) in [7, 11) is 0. The van der Waals surface area contributed by atoms with E-state index in [1.54, 1.807) is 6.33 Å². The highest BCUT2D eigenvalue weighted by atomic mass is 79.9. The van der Waals surface area contributed by atoms with Crippen LogP contribution < -0.4 is 0 Å². The number of halogens is 1. The maximum Gasteiger partial charge on any atom is 0.141 e. The molecule has 1 aromatic heterocycles. The molecule has 5 heteroatoms. The summed E-state index contributed by atoms with van der Waals surface area (Å²) in [6.07, 6.45) is 8.51. The third kappa shape index (κ3) is 4.02. The van der Waals surface area contributed by atoms with Crippen molar-refractivity contribution in [2.75, 3.05) is 11.9 Å². The summed E-state index contributed by atoms with van der Waals surface area (Å²) < 4.78 is 2.05. The Hall–Kier alpha value is -0.420. The zero-order valence-electron chi connectivity index (χ0n) is 12.1. The van der Waals surface area contributed by atoms with Gasteiger partial charge in [0.25, 0.3) is 0 Å². The molecule has 1 aliphatic carbocycles. The summed E-state index contributed by atoms with van der Waals surface area (Å²) in [6.45, 7) is 6.34. The predicted molar refractivity (Wildman–Crippen MR) is 81.5 cm³/mol. The van der Waals surface area contributed by atoms with Crippen molar-refractivity contribution in [3.63, 3.8) is 0 Å². The first-order valence-electron chi connectivity index (χ1n) is 7.40. The van der Waals surface area contributed by atoms with Crippen LogP contribution in [-0.4, -0.2) is 37.6 Å². The van der Waals surface area contributed by atoms with Crippen LogP contribution >= 0.6 is 15.9 Å². The zero-order chi connectivity index (χ0) is 13.7. The van der Waals surface area contributed by atoms with Gasteiger partial charge in [-0.3, -0.25) is 4.90 Å². The third-order valence-corrected chi connectivity index (χ3v) is 4.30. The maximum atomic E-state index is 4.45. The van der Waals surface area contributed by atoms with Crippen LogP contribution in [-0.2, 0) is 6.54 Å². The van der Waals surface area contributed by atoms with E-state index in [2.05, 4.69) is 44.8 Å². The van der Waals surface area contributed by atoms with Crippen LogP contribution in [0.15, 0.2) is 6.33 Å². The Balaban J connectivity index is 2.04. The van der Waals surface area contributed by atoms with Crippen molar-refractivity contribution in [3.8, 4) is 0 Å². The topological polar surface area (TPSA) is 34.0 Å². The van der Waals surface area contributed by atoms with E-state index in [1.807, 2.05) is 4.68 Å². The SMILES string of the molecule is CC(C)n1ncnc1CN(CCBr)C1CCCCC1. The van der Waals surface area contributed by atoms with Gasteiger partial charge in [-0.1, -0.05) is 35.2 Å². The van der Waals surface area contributed by atoms with Gasteiger partial charge in [-0.25, -0.2) is 9.67 Å². The molecule has 1 heterocycles. The standard InChI is InChI=1S/C14H25BrN4/c1-12(2)19-14(16-11-17-19)10-18(9-8-15)13-6-4-3-5-7-13/h11-13H,3-10H2,1-2H3. The molecule has 1 aliphatic rings. The van der Waals surface area contributed by atoms with E-state index in [1.165, 1.54) is 32.1 Å². The summed E-state index contributed by atoms with van der Waals surface area (Å²) in [5.41, 5.74) is 0.